The van der Waals surface area contributed by atoms with E-state index < -0.39 is 6.10 Å². The molecule has 0 amide bonds. The molecular weight excluding hydrogens is 354 g/mol. The van der Waals surface area contributed by atoms with Gasteiger partial charge in [0.25, 0.3) is 0 Å². The van der Waals surface area contributed by atoms with Crippen molar-refractivity contribution in [3.63, 3.8) is 0 Å². The molecule has 0 bridgehead atoms. The highest BCUT2D eigenvalue weighted by Crippen LogP contribution is 2.45. The summed E-state index contributed by atoms with van der Waals surface area (Å²) in [6.45, 7) is 4.74. The van der Waals surface area contributed by atoms with Crippen molar-refractivity contribution in [2.75, 3.05) is 51.3 Å². The van der Waals surface area contributed by atoms with Crippen molar-refractivity contribution >= 4 is 23.0 Å². The number of aromatic nitrogens is 2. The zero-order valence-corrected chi connectivity index (χ0v) is 16.8. The van der Waals surface area contributed by atoms with Gasteiger partial charge in [0.15, 0.2) is 11.6 Å². The van der Waals surface area contributed by atoms with Gasteiger partial charge in [-0.05, 0) is 37.4 Å². The summed E-state index contributed by atoms with van der Waals surface area (Å²) in [7, 11) is 7.55. The Kier molecular flexibility index (Phi) is 6.08. The highest BCUT2D eigenvalue weighted by atomic mass is 16.5. The molecule has 1 N–H and O–H groups in total. The number of allylic oxidation sites excluding steroid dienone is 2. The molecule has 0 saturated carbocycles. The predicted octanol–water partition coefficient (Wildman–Crippen LogP) is 3.01. The first-order valence-corrected chi connectivity index (χ1v) is 9.07. The van der Waals surface area contributed by atoms with E-state index in [1.807, 2.05) is 60.1 Å². The molecule has 7 heteroatoms. The predicted molar refractivity (Wildman–Crippen MR) is 112 cm³/mol. The van der Waals surface area contributed by atoms with Crippen LogP contribution in [0.5, 0.6) is 0 Å². The Morgan fingerprint density at radius 1 is 1.25 bits per heavy atom. The number of ether oxygens (including phenoxy) is 1. The molecule has 3 rings (SSSR count). The summed E-state index contributed by atoms with van der Waals surface area (Å²) in [6.07, 6.45) is 6.18. The normalized spacial score (nSPS) is 14.7. The van der Waals surface area contributed by atoms with Crippen molar-refractivity contribution in [2.24, 2.45) is 0 Å². The fourth-order valence-electron chi connectivity index (χ4n) is 3.41. The van der Waals surface area contributed by atoms with Crippen molar-refractivity contribution in [1.82, 2.24) is 14.9 Å². The van der Waals surface area contributed by atoms with Gasteiger partial charge in [-0.2, -0.15) is 0 Å². The number of aliphatic hydroxyl groups is 1. The van der Waals surface area contributed by atoms with Crippen molar-refractivity contribution in [2.45, 2.75) is 6.10 Å². The third-order valence-electron chi connectivity index (χ3n) is 4.64. The van der Waals surface area contributed by atoms with E-state index in [2.05, 4.69) is 16.5 Å². The van der Waals surface area contributed by atoms with Gasteiger partial charge >= 0.3 is 0 Å². The van der Waals surface area contributed by atoms with E-state index in [0.29, 0.717) is 13.3 Å². The van der Waals surface area contributed by atoms with Crippen molar-refractivity contribution < 1.29 is 9.84 Å². The lowest BCUT2D eigenvalue weighted by molar-refractivity contribution is 0.202. The lowest BCUT2D eigenvalue weighted by Crippen LogP contribution is -2.30. The van der Waals surface area contributed by atoms with Crippen LogP contribution in [0, 0.1) is 0 Å². The van der Waals surface area contributed by atoms with E-state index in [0.717, 1.165) is 34.1 Å². The first-order chi connectivity index (χ1) is 13.5. The van der Waals surface area contributed by atoms with E-state index in [1.165, 1.54) is 0 Å². The molecule has 0 spiro atoms. The Labute approximate surface area is 166 Å². The number of fused-ring (bicyclic) bond motifs is 2. The highest BCUT2D eigenvalue weighted by molar-refractivity contribution is 5.89. The first-order valence-electron chi connectivity index (χ1n) is 9.07. The molecule has 1 atom stereocenters. The van der Waals surface area contributed by atoms with Crippen LogP contribution in [0.3, 0.4) is 0 Å². The third kappa shape index (κ3) is 3.77. The van der Waals surface area contributed by atoms with Crippen LogP contribution in [0.4, 0.5) is 23.0 Å². The number of rotatable bonds is 7. The molecule has 0 saturated heterocycles. The van der Waals surface area contributed by atoms with E-state index in [9.17, 15) is 5.11 Å². The second-order valence-electron chi connectivity index (χ2n) is 6.97. The van der Waals surface area contributed by atoms with Crippen molar-refractivity contribution in [3.8, 4) is 0 Å². The monoisotopic (exact) mass is 381 g/mol. The van der Waals surface area contributed by atoms with Gasteiger partial charge in [-0.15, -0.1) is 0 Å². The summed E-state index contributed by atoms with van der Waals surface area (Å²) in [4.78, 5) is 15.0. The topological polar surface area (TPSA) is 65.0 Å². The molecule has 0 aliphatic carbocycles. The van der Waals surface area contributed by atoms with Gasteiger partial charge in [-0.1, -0.05) is 24.8 Å². The van der Waals surface area contributed by atoms with Gasteiger partial charge in [0.05, 0.1) is 11.4 Å². The highest BCUT2D eigenvalue weighted by Gasteiger charge is 2.29. The van der Waals surface area contributed by atoms with E-state index in [1.54, 1.807) is 25.6 Å². The largest absolute Gasteiger partial charge is 0.384 e. The number of likely N-dealkylation sites (N-methyl/N-ethyl adjacent to an activating group) is 1. The number of hydrogen-bond donors (Lipinski definition) is 1. The summed E-state index contributed by atoms with van der Waals surface area (Å²) < 4.78 is 5.42. The first kappa shape index (κ1) is 20.0. The second kappa shape index (κ2) is 8.52. The summed E-state index contributed by atoms with van der Waals surface area (Å²) in [5.74, 6) is 1.49. The van der Waals surface area contributed by atoms with E-state index in [-0.39, 0.29) is 0 Å². The van der Waals surface area contributed by atoms with Crippen LogP contribution in [0.15, 0.2) is 54.9 Å². The van der Waals surface area contributed by atoms with Gasteiger partial charge in [-0.25, -0.2) is 9.97 Å². The number of anilines is 4. The minimum Gasteiger partial charge on any atom is -0.384 e. The Bertz CT molecular complexity index is 881. The average Bonchev–Trinajstić information content (AvgIpc) is 2.69. The molecule has 0 fully saturated rings. The zero-order chi connectivity index (χ0) is 20.3. The molecule has 1 aliphatic rings. The van der Waals surface area contributed by atoms with Crippen LogP contribution >= 0.6 is 0 Å². The maximum absolute atomic E-state index is 11.0. The maximum Gasteiger partial charge on any atom is 0.178 e. The minimum atomic E-state index is -0.733. The molecule has 0 radical (unpaired) electrons. The Hall–Kier alpha value is -2.74. The fraction of sp³-hybridized carbons (Fsp3) is 0.333. The smallest absolute Gasteiger partial charge is 0.178 e. The summed E-state index contributed by atoms with van der Waals surface area (Å²) >= 11 is 0. The van der Waals surface area contributed by atoms with Gasteiger partial charge in [0.2, 0.25) is 0 Å². The zero-order valence-electron chi connectivity index (χ0n) is 16.8. The number of methoxy groups -OCH3 is 1. The molecule has 1 aliphatic heterocycles. The SMILES string of the molecule is C=C/C=C(\CN(C)C)C(O)c1ccc2c(c1)N(COC)c1nccnc1N2C. The molecule has 1 aromatic heterocycles. The van der Waals surface area contributed by atoms with Crippen LogP contribution in [0.2, 0.25) is 0 Å². The number of benzene rings is 1. The maximum atomic E-state index is 11.0. The number of hydrogen-bond acceptors (Lipinski definition) is 7. The van der Waals surface area contributed by atoms with Gasteiger partial charge in [-0.3, -0.25) is 4.90 Å². The third-order valence-corrected chi connectivity index (χ3v) is 4.64. The molecule has 28 heavy (non-hydrogen) atoms. The van der Waals surface area contributed by atoms with E-state index >= 15 is 0 Å². The average molecular weight is 381 g/mol. The molecule has 2 aromatic rings. The van der Waals surface area contributed by atoms with Crippen molar-refractivity contribution in [3.05, 3.63) is 60.5 Å². The second-order valence-corrected chi connectivity index (χ2v) is 6.97. The molecule has 1 unspecified atom stereocenters. The van der Waals surface area contributed by atoms with Crippen LogP contribution in [-0.2, 0) is 4.74 Å². The van der Waals surface area contributed by atoms with Gasteiger partial charge in [0.1, 0.15) is 12.8 Å². The van der Waals surface area contributed by atoms with Crippen molar-refractivity contribution in [1.29, 1.82) is 0 Å². The van der Waals surface area contributed by atoms with Gasteiger partial charge in [0, 0.05) is 33.1 Å². The fourth-order valence-corrected chi connectivity index (χ4v) is 3.41. The Morgan fingerprint density at radius 3 is 2.61 bits per heavy atom. The Balaban J connectivity index is 2.05. The van der Waals surface area contributed by atoms with Gasteiger partial charge < -0.3 is 19.6 Å². The Morgan fingerprint density at radius 2 is 1.96 bits per heavy atom. The standard InChI is InChI=1S/C21H27N5O2/c1-6-7-16(13-24(2)3)19(27)15-8-9-17-18(12-15)26(14-28-5)21-20(25(17)4)22-10-11-23-21/h6-12,19,27H,1,13-14H2,2-5H3/b16-7+. The lowest BCUT2D eigenvalue weighted by atomic mass is 9.98. The van der Waals surface area contributed by atoms with Crippen LogP contribution in [0.1, 0.15) is 11.7 Å². The number of aliphatic hydroxyl groups excluding tert-OH is 1. The lowest BCUT2D eigenvalue weighted by Gasteiger charge is -2.36. The summed E-state index contributed by atoms with van der Waals surface area (Å²) in [6, 6.07) is 5.92. The molecule has 2 heterocycles. The van der Waals surface area contributed by atoms with Crippen LogP contribution in [-0.4, -0.2) is 61.5 Å². The van der Waals surface area contributed by atoms with Crippen LogP contribution < -0.4 is 9.80 Å². The quantitative estimate of drug-likeness (QED) is 0.740. The van der Waals surface area contributed by atoms with Crippen LogP contribution in [0.25, 0.3) is 0 Å². The molecule has 7 nitrogen and oxygen atoms in total. The summed E-state index contributed by atoms with van der Waals surface area (Å²) in [5.41, 5.74) is 3.57. The summed E-state index contributed by atoms with van der Waals surface area (Å²) in [5, 5.41) is 11.0. The molecule has 148 valence electrons. The number of nitrogens with zero attached hydrogens (tertiary/aromatic N) is 5. The minimum absolute atomic E-state index is 0.332. The molecular formula is C21H27N5O2. The molecule has 1 aromatic carbocycles. The van der Waals surface area contributed by atoms with E-state index in [4.69, 9.17) is 4.74 Å².